The first-order chi connectivity index (χ1) is 5.36. The Balaban J connectivity index is 2.27. The molecule has 1 unspecified atom stereocenters. The normalized spacial score (nSPS) is 28.4. The minimum Gasteiger partial charge on any atom is -0.381 e. The molecule has 0 aromatic heterocycles. The zero-order chi connectivity index (χ0) is 8.10. The minimum absolute atomic E-state index is 0.520. The topological polar surface area (TPSA) is 12.5 Å². The molecule has 0 bridgehead atoms. The summed E-state index contributed by atoms with van der Waals surface area (Å²) in [5.41, 5.74) is 0. The summed E-state index contributed by atoms with van der Waals surface area (Å²) in [5.74, 6) is 0. The molecule has 2 nitrogen and oxygen atoms in total. The van der Waals surface area contributed by atoms with E-state index in [4.69, 9.17) is 4.74 Å². The Hall–Kier alpha value is -0.0800. The van der Waals surface area contributed by atoms with Gasteiger partial charge in [0.05, 0.1) is 6.10 Å². The summed E-state index contributed by atoms with van der Waals surface area (Å²) >= 11 is 0. The summed E-state index contributed by atoms with van der Waals surface area (Å²) in [6, 6.07) is 0. The van der Waals surface area contributed by atoms with Crippen LogP contribution in [-0.4, -0.2) is 37.7 Å². The van der Waals surface area contributed by atoms with E-state index in [-0.39, 0.29) is 0 Å². The Kier molecular flexibility index (Phi) is 3.87. The predicted octanol–water partition coefficient (Wildman–Crippen LogP) is 1.51. The average Bonchev–Trinajstić information content (AvgIpc) is 2.28. The van der Waals surface area contributed by atoms with Gasteiger partial charge in [-0.1, -0.05) is 6.92 Å². The zero-order valence-corrected chi connectivity index (χ0v) is 7.68. The van der Waals surface area contributed by atoms with Crippen LogP contribution in [-0.2, 0) is 4.74 Å². The van der Waals surface area contributed by atoms with Crippen LogP contribution in [0.5, 0.6) is 0 Å². The van der Waals surface area contributed by atoms with Gasteiger partial charge in [-0.25, -0.2) is 0 Å². The summed E-state index contributed by atoms with van der Waals surface area (Å²) in [6.07, 6.45) is 4.27. The Labute approximate surface area is 69.5 Å². The summed E-state index contributed by atoms with van der Waals surface area (Å²) in [5, 5.41) is 0. The number of ether oxygens (including phenoxy) is 1. The Morgan fingerprint density at radius 2 is 2.18 bits per heavy atom. The fraction of sp³-hybridized carbons (Fsp3) is 1.00. The summed E-state index contributed by atoms with van der Waals surface area (Å²) in [4.78, 5) is 2.50. The highest BCUT2D eigenvalue weighted by Crippen LogP contribution is 2.12. The molecular formula is C9H19NO. The third-order valence-corrected chi connectivity index (χ3v) is 2.55. The molecule has 0 N–H and O–H groups in total. The second kappa shape index (κ2) is 4.73. The zero-order valence-electron chi connectivity index (χ0n) is 7.68. The standard InChI is InChI=1S/C9H19NO/c1-3-10-7-4-5-9(11-2)6-8-10/h9H,3-8H2,1-2H3. The fourth-order valence-electron chi connectivity index (χ4n) is 1.68. The van der Waals surface area contributed by atoms with Crippen molar-refractivity contribution in [3.63, 3.8) is 0 Å². The van der Waals surface area contributed by atoms with Crippen LogP contribution in [0.3, 0.4) is 0 Å². The first-order valence-corrected chi connectivity index (χ1v) is 4.62. The quantitative estimate of drug-likeness (QED) is 0.602. The van der Waals surface area contributed by atoms with Crippen molar-refractivity contribution < 1.29 is 4.74 Å². The number of hydrogen-bond acceptors (Lipinski definition) is 2. The van der Waals surface area contributed by atoms with Crippen LogP contribution in [0.25, 0.3) is 0 Å². The molecule has 2 heteroatoms. The van der Waals surface area contributed by atoms with Crippen molar-refractivity contribution in [3.05, 3.63) is 0 Å². The van der Waals surface area contributed by atoms with E-state index in [2.05, 4.69) is 11.8 Å². The van der Waals surface area contributed by atoms with Gasteiger partial charge in [0, 0.05) is 13.7 Å². The van der Waals surface area contributed by atoms with Crippen LogP contribution in [0.2, 0.25) is 0 Å². The molecule has 0 spiro atoms. The lowest BCUT2D eigenvalue weighted by Crippen LogP contribution is -2.24. The Morgan fingerprint density at radius 1 is 1.36 bits per heavy atom. The summed E-state index contributed by atoms with van der Waals surface area (Å²) in [6.45, 7) is 5.90. The summed E-state index contributed by atoms with van der Waals surface area (Å²) < 4.78 is 5.34. The van der Waals surface area contributed by atoms with Gasteiger partial charge in [0.2, 0.25) is 0 Å². The number of nitrogens with zero attached hydrogens (tertiary/aromatic N) is 1. The molecule has 1 aliphatic heterocycles. The van der Waals surface area contributed by atoms with Crippen LogP contribution < -0.4 is 0 Å². The maximum atomic E-state index is 5.34. The molecule has 11 heavy (non-hydrogen) atoms. The van der Waals surface area contributed by atoms with E-state index >= 15 is 0 Å². The Morgan fingerprint density at radius 3 is 2.82 bits per heavy atom. The van der Waals surface area contributed by atoms with Gasteiger partial charge in [-0.05, 0) is 32.4 Å². The van der Waals surface area contributed by atoms with E-state index in [1.165, 1.54) is 38.9 Å². The smallest absolute Gasteiger partial charge is 0.0584 e. The van der Waals surface area contributed by atoms with E-state index in [1.54, 1.807) is 0 Å². The molecule has 0 aromatic carbocycles. The second-order valence-corrected chi connectivity index (χ2v) is 3.22. The molecular weight excluding hydrogens is 138 g/mol. The number of hydrogen-bond donors (Lipinski definition) is 0. The maximum Gasteiger partial charge on any atom is 0.0584 e. The molecule has 66 valence electrons. The molecule has 1 fully saturated rings. The molecule has 1 heterocycles. The maximum absolute atomic E-state index is 5.34. The molecule has 1 rings (SSSR count). The van der Waals surface area contributed by atoms with Gasteiger partial charge < -0.3 is 9.64 Å². The fourth-order valence-corrected chi connectivity index (χ4v) is 1.68. The van der Waals surface area contributed by atoms with Crippen molar-refractivity contribution in [3.8, 4) is 0 Å². The number of likely N-dealkylation sites (tertiary alicyclic amines) is 1. The molecule has 1 saturated heterocycles. The molecule has 0 radical (unpaired) electrons. The van der Waals surface area contributed by atoms with Crippen molar-refractivity contribution in [1.82, 2.24) is 4.90 Å². The third kappa shape index (κ3) is 2.80. The highest BCUT2D eigenvalue weighted by Gasteiger charge is 2.14. The predicted molar refractivity (Wildman–Crippen MR) is 46.8 cm³/mol. The molecule has 1 aliphatic rings. The largest absolute Gasteiger partial charge is 0.381 e. The van der Waals surface area contributed by atoms with Crippen molar-refractivity contribution in [1.29, 1.82) is 0 Å². The second-order valence-electron chi connectivity index (χ2n) is 3.22. The van der Waals surface area contributed by atoms with Crippen molar-refractivity contribution in [2.24, 2.45) is 0 Å². The lowest BCUT2D eigenvalue weighted by Gasteiger charge is -2.16. The molecule has 0 aliphatic carbocycles. The van der Waals surface area contributed by atoms with E-state index in [1.807, 2.05) is 7.11 Å². The summed E-state index contributed by atoms with van der Waals surface area (Å²) in [7, 11) is 1.83. The number of methoxy groups -OCH3 is 1. The Bertz CT molecular complexity index is 93.7. The first-order valence-electron chi connectivity index (χ1n) is 4.62. The van der Waals surface area contributed by atoms with Crippen LogP contribution in [0.1, 0.15) is 26.2 Å². The van der Waals surface area contributed by atoms with E-state index in [0.29, 0.717) is 6.10 Å². The van der Waals surface area contributed by atoms with Crippen molar-refractivity contribution in [2.75, 3.05) is 26.7 Å². The average molecular weight is 157 g/mol. The van der Waals surface area contributed by atoms with Crippen LogP contribution in [0.15, 0.2) is 0 Å². The lowest BCUT2D eigenvalue weighted by atomic mass is 10.2. The lowest BCUT2D eigenvalue weighted by molar-refractivity contribution is 0.0900. The highest BCUT2D eigenvalue weighted by molar-refractivity contribution is 4.68. The van der Waals surface area contributed by atoms with Gasteiger partial charge in [0.1, 0.15) is 0 Å². The molecule has 1 atom stereocenters. The first kappa shape index (κ1) is 9.01. The van der Waals surface area contributed by atoms with Gasteiger partial charge in [0.25, 0.3) is 0 Å². The number of rotatable bonds is 2. The van der Waals surface area contributed by atoms with Crippen molar-refractivity contribution in [2.45, 2.75) is 32.3 Å². The molecule has 0 saturated carbocycles. The van der Waals surface area contributed by atoms with Crippen LogP contribution in [0.4, 0.5) is 0 Å². The van der Waals surface area contributed by atoms with Gasteiger partial charge in [-0.3, -0.25) is 0 Å². The van der Waals surface area contributed by atoms with E-state index in [9.17, 15) is 0 Å². The van der Waals surface area contributed by atoms with Gasteiger partial charge in [-0.2, -0.15) is 0 Å². The van der Waals surface area contributed by atoms with Crippen LogP contribution in [0, 0.1) is 0 Å². The third-order valence-electron chi connectivity index (χ3n) is 2.55. The van der Waals surface area contributed by atoms with Crippen LogP contribution >= 0.6 is 0 Å². The van der Waals surface area contributed by atoms with Crippen molar-refractivity contribution >= 4 is 0 Å². The van der Waals surface area contributed by atoms with Gasteiger partial charge >= 0.3 is 0 Å². The minimum atomic E-state index is 0.520. The van der Waals surface area contributed by atoms with Gasteiger partial charge in [0.15, 0.2) is 0 Å². The monoisotopic (exact) mass is 157 g/mol. The molecule has 0 amide bonds. The van der Waals surface area contributed by atoms with E-state index < -0.39 is 0 Å². The SMILES string of the molecule is CCN1CCCC(OC)CC1. The van der Waals surface area contributed by atoms with E-state index in [0.717, 1.165) is 0 Å². The highest BCUT2D eigenvalue weighted by atomic mass is 16.5. The molecule has 0 aromatic rings. The van der Waals surface area contributed by atoms with Gasteiger partial charge in [-0.15, -0.1) is 0 Å².